The lowest BCUT2D eigenvalue weighted by molar-refractivity contribution is 0.139. The molecule has 0 unspecified atom stereocenters. The fraction of sp³-hybridized carbons (Fsp3) is 0.619. The van der Waals surface area contributed by atoms with Crippen LogP contribution < -0.4 is 10.6 Å². The Hall–Kier alpha value is -2.12. The Kier molecular flexibility index (Phi) is 7.68. The SMILES string of the molecule is CCN1CCN(CCNC(=NC)NCCCn2c(C)nc3ccccc32)CC1. The molecule has 2 heterocycles. The number of guanidine groups is 1. The molecule has 0 aliphatic carbocycles. The largest absolute Gasteiger partial charge is 0.356 e. The minimum atomic E-state index is 0.888. The normalized spacial score (nSPS) is 16.6. The van der Waals surface area contributed by atoms with E-state index in [-0.39, 0.29) is 0 Å². The number of fused-ring (bicyclic) bond motifs is 1. The Morgan fingerprint density at radius 2 is 1.75 bits per heavy atom. The number of likely N-dealkylation sites (N-methyl/N-ethyl adjacent to an activating group) is 1. The van der Waals surface area contributed by atoms with Crippen molar-refractivity contribution in [1.82, 2.24) is 30.0 Å². The van der Waals surface area contributed by atoms with Crippen molar-refractivity contribution in [3.63, 3.8) is 0 Å². The number of aromatic nitrogens is 2. The van der Waals surface area contributed by atoms with Gasteiger partial charge in [-0.2, -0.15) is 0 Å². The summed E-state index contributed by atoms with van der Waals surface area (Å²) in [5.41, 5.74) is 2.29. The molecule has 1 aromatic heterocycles. The van der Waals surface area contributed by atoms with Crippen LogP contribution in [0.15, 0.2) is 29.3 Å². The van der Waals surface area contributed by atoms with Crippen LogP contribution in [0.1, 0.15) is 19.2 Å². The molecule has 1 saturated heterocycles. The van der Waals surface area contributed by atoms with Crippen LogP contribution in [-0.4, -0.2) is 84.7 Å². The lowest BCUT2D eigenvalue weighted by Crippen LogP contribution is -2.49. The molecule has 0 radical (unpaired) electrons. The van der Waals surface area contributed by atoms with Crippen molar-refractivity contribution in [2.75, 3.05) is 59.4 Å². The molecule has 3 rings (SSSR count). The molecule has 0 bridgehead atoms. The first kappa shape index (κ1) is 20.6. The van der Waals surface area contributed by atoms with Crippen LogP contribution in [0.2, 0.25) is 0 Å². The minimum absolute atomic E-state index is 0.888. The predicted octanol–water partition coefficient (Wildman–Crippen LogP) is 1.54. The van der Waals surface area contributed by atoms with Gasteiger partial charge in [0.1, 0.15) is 5.82 Å². The highest BCUT2D eigenvalue weighted by molar-refractivity contribution is 5.79. The number of hydrogen-bond donors (Lipinski definition) is 2. The molecule has 2 N–H and O–H groups in total. The fourth-order valence-corrected chi connectivity index (χ4v) is 3.80. The predicted molar refractivity (Wildman–Crippen MR) is 117 cm³/mol. The summed E-state index contributed by atoms with van der Waals surface area (Å²) in [6, 6.07) is 8.33. The molecule has 1 aromatic carbocycles. The van der Waals surface area contributed by atoms with E-state index in [4.69, 9.17) is 0 Å². The zero-order chi connectivity index (χ0) is 19.8. The van der Waals surface area contributed by atoms with Crippen molar-refractivity contribution in [1.29, 1.82) is 0 Å². The van der Waals surface area contributed by atoms with Gasteiger partial charge in [0.2, 0.25) is 0 Å². The fourth-order valence-electron chi connectivity index (χ4n) is 3.80. The van der Waals surface area contributed by atoms with Crippen molar-refractivity contribution < 1.29 is 0 Å². The summed E-state index contributed by atoms with van der Waals surface area (Å²) in [5.74, 6) is 1.96. The third kappa shape index (κ3) is 5.45. The van der Waals surface area contributed by atoms with Crippen molar-refractivity contribution in [3.8, 4) is 0 Å². The number of aryl methyl sites for hydroxylation is 2. The number of nitrogens with one attached hydrogen (secondary N) is 2. The second-order valence-electron chi connectivity index (χ2n) is 7.35. The van der Waals surface area contributed by atoms with Crippen molar-refractivity contribution >= 4 is 17.0 Å². The number of imidazole rings is 1. The first-order valence-electron chi connectivity index (χ1n) is 10.5. The Bertz CT molecular complexity index is 759. The van der Waals surface area contributed by atoms with Gasteiger partial charge in [0.25, 0.3) is 0 Å². The lowest BCUT2D eigenvalue weighted by atomic mass is 10.3. The number of rotatable bonds is 8. The second kappa shape index (κ2) is 10.4. The smallest absolute Gasteiger partial charge is 0.191 e. The summed E-state index contributed by atoms with van der Waals surface area (Å²) in [7, 11) is 1.84. The molecule has 0 atom stereocenters. The first-order valence-corrected chi connectivity index (χ1v) is 10.5. The van der Waals surface area contributed by atoms with E-state index in [0.717, 1.165) is 56.4 Å². The molecular weight excluding hydrogens is 350 g/mol. The van der Waals surface area contributed by atoms with Crippen LogP contribution in [-0.2, 0) is 6.54 Å². The molecule has 2 aromatic rings. The molecule has 0 amide bonds. The highest BCUT2D eigenvalue weighted by atomic mass is 15.3. The maximum atomic E-state index is 4.64. The summed E-state index contributed by atoms with van der Waals surface area (Å²) in [5, 5.41) is 6.87. The number of benzene rings is 1. The van der Waals surface area contributed by atoms with Gasteiger partial charge in [0.15, 0.2) is 5.96 Å². The van der Waals surface area contributed by atoms with E-state index in [1.54, 1.807) is 0 Å². The molecule has 7 nitrogen and oxygen atoms in total. The molecule has 1 aliphatic heterocycles. The number of piperazine rings is 1. The highest BCUT2D eigenvalue weighted by Crippen LogP contribution is 2.15. The van der Waals surface area contributed by atoms with Gasteiger partial charge in [-0.25, -0.2) is 4.98 Å². The van der Waals surface area contributed by atoms with Gasteiger partial charge in [0.05, 0.1) is 11.0 Å². The van der Waals surface area contributed by atoms with Crippen molar-refractivity contribution in [3.05, 3.63) is 30.1 Å². The first-order chi connectivity index (χ1) is 13.7. The van der Waals surface area contributed by atoms with E-state index in [9.17, 15) is 0 Å². The van der Waals surface area contributed by atoms with Gasteiger partial charge < -0.3 is 20.1 Å². The monoisotopic (exact) mass is 385 g/mol. The van der Waals surface area contributed by atoms with E-state index < -0.39 is 0 Å². The van der Waals surface area contributed by atoms with Gasteiger partial charge in [-0.3, -0.25) is 9.89 Å². The Labute approximate surface area is 168 Å². The third-order valence-corrected chi connectivity index (χ3v) is 5.55. The van der Waals surface area contributed by atoms with Crippen LogP contribution in [0.3, 0.4) is 0 Å². The molecule has 0 spiro atoms. The molecule has 1 fully saturated rings. The van der Waals surface area contributed by atoms with Crippen LogP contribution in [0.25, 0.3) is 11.0 Å². The Morgan fingerprint density at radius 3 is 2.50 bits per heavy atom. The standard InChI is InChI=1S/C21H35N7/c1-4-26-14-16-27(17-15-26)13-11-24-21(22-3)23-10-7-12-28-18(2)25-19-8-5-6-9-20(19)28/h5-6,8-9H,4,7,10-17H2,1-3H3,(H2,22,23,24). The van der Waals surface area contributed by atoms with Crippen LogP contribution in [0.4, 0.5) is 0 Å². The van der Waals surface area contributed by atoms with Gasteiger partial charge in [-0.15, -0.1) is 0 Å². The van der Waals surface area contributed by atoms with Crippen LogP contribution in [0, 0.1) is 6.92 Å². The maximum absolute atomic E-state index is 4.64. The quantitative estimate of drug-likeness (QED) is 0.410. The number of para-hydroxylation sites is 2. The van der Waals surface area contributed by atoms with E-state index in [0.29, 0.717) is 0 Å². The Balaban J connectivity index is 1.35. The summed E-state index contributed by atoms with van der Waals surface area (Å²) in [6.07, 6.45) is 1.03. The average molecular weight is 386 g/mol. The molecule has 0 saturated carbocycles. The number of aliphatic imine (C=N–C) groups is 1. The number of hydrogen-bond acceptors (Lipinski definition) is 4. The van der Waals surface area contributed by atoms with Gasteiger partial charge in [0, 0.05) is 59.4 Å². The third-order valence-electron chi connectivity index (χ3n) is 5.55. The molecular formula is C21H35N7. The van der Waals surface area contributed by atoms with Crippen LogP contribution >= 0.6 is 0 Å². The molecule has 28 heavy (non-hydrogen) atoms. The minimum Gasteiger partial charge on any atom is -0.356 e. The average Bonchev–Trinajstić information content (AvgIpc) is 3.05. The van der Waals surface area contributed by atoms with Crippen molar-refractivity contribution in [2.24, 2.45) is 4.99 Å². The summed E-state index contributed by atoms with van der Waals surface area (Å²) >= 11 is 0. The summed E-state index contributed by atoms with van der Waals surface area (Å²) in [6.45, 7) is 14.0. The second-order valence-corrected chi connectivity index (χ2v) is 7.35. The molecule has 154 valence electrons. The van der Waals surface area contributed by atoms with E-state index in [1.165, 1.54) is 31.7 Å². The van der Waals surface area contributed by atoms with Gasteiger partial charge in [-0.05, 0) is 32.0 Å². The molecule has 7 heteroatoms. The van der Waals surface area contributed by atoms with Gasteiger partial charge in [-0.1, -0.05) is 19.1 Å². The lowest BCUT2D eigenvalue weighted by Gasteiger charge is -2.34. The summed E-state index contributed by atoms with van der Waals surface area (Å²) < 4.78 is 2.29. The van der Waals surface area contributed by atoms with Crippen molar-refractivity contribution in [2.45, 2.75) is 26.8 Å². The van der Waals surface area contributed by atoms with E-state index >= 15 is 0 Å². The highest BCUT2D eigenvalue weighted by Gasteiger charge is 2.14. The van der Waals surface area contributed by atoms with Crippen LogP contribution in [0.5, 0.6) is 0 Å². The summed E-state index contributed by atoms with van der Waals surface area (Å²) in [4.78, 5) is 14.0. The number of nitrogens with zero attached hydrogens (tertiary/aromatic N) is 5. The van der Waals surface area contributed by atoms with E-state index in [1.807, 2.05) is 13.1 Å². The molecule has 1 aliphatic rings. The van der Waals surface area contributed by atoms with E-state index in [2.05, 4.69) is 67.0 Å². The zero-order valence-corrected chi connectivity index (χ0v) is 17.6. The van der Waals surface area contributed by atoms with Gasteiger partial charge >= 0.3 is 0 Å². The Morgan fingerprint density at radius 1 is 1.04 bits per heavy atom. The maximum Gasteiger partial charge on any atom is 0.191 e. The topological polar surface area (TPSA) is 60.7 Å². The zero-order valence-electron chi connectivity index (χ0n) is 17.6.